The number of guanidine groups is 1. The molecule has 4 N–H and O–H groups in total. The zero-order valence-corrected chi connectivity index (χ0v) is 34.9. The smallest absolute Gasteiger partial charge is 0.211 e. The number of hydrogen-bond donors (Lipinski definition) is 2. The molecule has 0 amide bonds. The van der Waals surface area contributed by atoms with E-state index in [1.165, 1.54) is 0 Å². The number of nitrogens with zero attached hydrogens (tertiary/aromatic N) is 5. The molecule has 1 atom stereocenters. The zero-order chi connectivity index (χ0) is 40.5. The zero-order valence-electron chi connectivity index (χ0n) is 33.9. The van der Waals surface area contributed by atoms with Gasteiger partial charge in [-0.1, -0.05) is 100 Å². The summed E-state index contributed by atoms with van der Waals surface area (Å²) < 4.78 is 1.07. The second kappa shape index (κ2) is 15.2. The van der Waals surface area contributed by atoms with Crippen LogP contribution in [0.1, 0.15) is 102 Å². The molecule has 10 heteroatoms. The van der Waals surface area contributed by atoms with Crippen LogP contribution in [0.4, 0.5) is 0 Å². The lowest BCUT2D eigenvalue weighted by Gasteiger charge is -2.41. The van der Waals surface area contributed by atoms with E-state index in [0.29, 0.717) is 11.3 Å². The topological polar surface area (TPSA) is 139 Å². The highest BCUT2D eigenvalue weighted by Gasteiger charge is 2.50. The van der Waals surface area contributed by atoms with Gasteiger partial charge in [0, 0.05) is 48.6 Å². The maximum atomic E-state index is 13.8. The molecule has 0 bridgehead atoms. The largest absolute Gasteiger partial charge is 0.623 e. The van der Waals surface area contributed by atoms with Crippen LogP contribution in [0.5, 0.6) is 0 Å². The third-order valence-corrected chi connectivity index (χ3v) is 15.8. The molecule has 5 rings (SSSR count). The van der Waals surface area contributed by atoms with Crippen molar-refractivity contribution in [3.05, 3.63) is 123 Å². The molecule has 284 valence electrons. The van der Waals surface area contributed by atoms with Crippen molar-refractivity contribution in [1.29, 1.82) is 5.26 Å². The number of hydrogen-bond acceptors (Lipinski definition) is 6. The van der Waals surface area contributed by atoms with E-state index in [2.05, 4.69) is 94.9 Å². The molecule has 0 radical (unpaired) electrons. The first kappa shape index (κ1) is 40.5. The summed E-state index contributed by atoms with van der Waals surface area (Å²) in [6, 6.07) is 27.7. The van der Waals surface area contributed by atoms with Crippen LogP contribution < -0.4 is 16.7 Å². The van der Waals surface area contributed by atoms with Gasteiger partial charge in [-0.15, -0.1) is 10.2 Å². The van der Waals surface area contributed by atoms with Crippen molar-refractivity contribution >= 4 is 37.4 Å². The number of hydroxylamine groups is 3. The minimum absolute atomic E-state index is 0.0938. The van der Waals surface area contributed by atoms with Crippen molar-refractivity contribution in [1.82, 2.24) is 5.06 Å². The van der Waals surface area contributed by atoms with E-state index in [0.717, 1.165) is 54.4 Å². The maximum Gasteiger partial charge on any atom is 0.211 e. The van der Waals surface area contributed by atoms with Gasteiger partial charge in [0.25, 0.3) is 0 Å². The molecule has 0 fully saturated rings. The molecule has 2 aromatic carbocycles. The van der Waals surface area contributed by atoms with Gasteiger partial charge in [-0.3, -0.25) is 0 Å². The van der Waals surface area contributed by atoms with E-state index >= 15 is 0 Å². The summed E-state index contributed by atoms with van der Waals surface area (Å²) in [7, 11) is -2.43. The van der Waals surface area contributed by atoms with Crippen molar-refractivity contribution in [3.63, 3.8) is 0 Å². The molecule has 3 aliphatic rings. The Hall–Kier alpha value is -5.68. The number of rotatable bonds is 6. The Morgan fingerprint density at radius 2 is 1.49 bits per heavy atom. The lowest BCUT2D eigenvalue weighted by atomic mass is 9.92. The fraction of sp³-hybridized carbons (Fsp3) is 0.333. The van der Waals surface area contributed by atoms with Gasteiger partial charge in [-0.05, 0) is 77.5 Å². The number of nitrogens with two attached hydrogens (primary N) is 2. The summed E-state index contributed by atoms with van der Waals surface area (Å²) in [5, 5.41) is 35.6. The van der Waals surface area contributed by atoms with E-state index in [-0.39, 0.29) is 11.0 Å². The van der Waals surface area contributed by atoms with Crippen molar-refractivity contribution in [2.24, 2.45) is 21.7 Å². The van der Waals surface area contributed by atoms with E-state index in [4.69, 9.17) is 16.3 Å². The van der Waals surface area contributed by atoms with Gasteiger partial charge in [0.1, 0.15) is 12.1 Å². The Labute approximate surface area is 327 Å². The van der Waals surface area contributed by atoms with Crippen molar-refractivity contribution in [3.8, 4) is 29.0 Å². The van der Waals surface area contributed by atoms with Gasteiger partial charge in [-0.25, -0.2) is 4.74 Å². The Kier molecular flexibility index (Phi) is 11.2. The summed E-state index contributed by atoms with van der Waals surface area (Å²) in [5.41, 5.74) is 17.1. The van der Waals surface area contributed by atoms with Gasteiger partial charge < -0.3 is 21.5 Å². The molecular weight excluding hydrogens is 699 g/mol. The minimum Gasteiger partial charge on any atom is -0.623 e. The van der Waals surface area contributed by atoms with Gasteiger partial charge in [-0.2, -0.15) is 10.4 Å². The first-order valence-corrected chi connectivity index (χ1v) is 21.5. The first-order chi connectivity index (χ1) is 25.6. The average Bonchev–Trinajstić information content (AvgIpc) is 3.51. The van der Waals surface area contributed by atoms with E-state index < -0.39 is 25.2 Å². The fourth-order valence-electron chi connectivity index (χ4n) is 6.50. The van der Waals surface area contributed by atoms with Gasteiger partial charge in [0.2, 0.25) is 5.96 Å². The Morgan fingerprint density at radius 1 is 0.873 bits per heavy atom. The Balaban J connectivity index is 1.75. The molecule has 1 unspecified atom stereocenters. The second-order valence-corrected chi connectivity index (χ2v) is 22.8. The normalized spacial score (nSPS) is 15.8. The number of nitriles is 1. The van der Waals surface area contributed by atoms with E-state index in [1.54, 1.807) is 12.4 Å². The molecule has 2 aliphatic carbocycles. The van der Waals surface area contributed by atoms with Gasteiger partial charge in [0.05, 0.1) is 19.9 Å². The molecular formula is C45H53N7O2Si. The second-order valence-electron chi connectivity index (χ2n) is 17.5. The minimum atomic E-state index is -2.43. The molecule has 0 saturated carbocycles. The molecule has 0 saturated heterocycles. The predicted molar refractivity (Wildman–Crippen MR) is 229 cm³/mol. The highest BCUT2D eigenvalue weighted by Crippen LogP contribution is 2.51. The number of fused-ring (bicyclic) bond motifs is 1. The van der Waals surface area contributed by atoms with Crippen LogP contribution in [-0.4, -0.2) is 47.3 Å². The van der Waals surface area contributed by atoms with Crippen LogP contribution in [0.15, 0.2) is 94.6 Å². The summed E-state index contributed by atoms with van der Waals surface area (Å²) in [6.07, 6.45) is 3.34. The third kappa shape index (κ3) is 8.52. The van der Waals surface area contributed by atoms with Crippen molar-refractivity contribution < 1.29 is 9.58 Å². The molecule has 55 heavy (non-hydrogen) atoms. The predicted octanol–water partition coefficient (Wildman–Crippen LogP) is 8.26. The average molecular weight is 752 g/mol. The van der Waals surface area contributed by atoms with Crippen LogP contribution >= 0.6 is 0 Å². The third-order valence-electron chi connectivity index (χ3n) is 10.3. The fourth-order valence-corrected chi connectivity index (χ4v) is 9.07. The van der Waals surface area contributed by atoms with Crippen LogP contribution in [-0.2, 0) is 4.84 Å². The van der Waals surface area contributed by atoms with Crippen LogP contribution in [0, 0.1) is 28.4 Å². The highest BCUT2D eigenvalue weighted by atomic mass is 28.3. The standard InChI is InChI=1S/C45H53N7O2Si/c1-43(2,3)51(53)29-37-34-21-13-12-14-22-35(34)38(41(37)55(10,11)45(7,8)9)39-36(27-46)40(54-52(39)44(4,5)6)33-20-16-18-31(26-33)24-23-30-17-15-19-32(25-30)28-49-50-42(47)48/h12-22,25-26,28-29,39H,1-11H3,(H4,47,48,50)/b49-28+,51-29-. The number of benzene rings is 2. The Morgan fingerprint density at radius 3 is 2.07 bits per heavy atom. The van der Waals surface area contributed by atoms with Gasteiger partial charge >= 0.3 is 0 Å². The summed E-state index contributed by atoms with van der Waals surface area (Å²) in [4.78, 5) is 6.87. The van der Waals surface area contributed by atoms with E-state index in [1.807, 2.05) is 92.6 Å². The lowest BCUT2D eigenvalue weighted by Crippen LogP contribution is -2.53. The molecule has 0 spiro atoms. The molecule has 1 heterocycles. The highest BCUT2D eigenvalue weighted by molar-refractivity contribution is 6.93. The van der Waals surface area contributed by atoms with E-state index in [9.17, 15) is 10.5 Å². The molecule has 2 aromatic rings. The van der Waals surface area contributed by atoms with Crippen LogP contribution in [0.2, 0.25) is 18.1 Å². The molecule has 9 nitrogen and oxygen atoms in total. The molecule has 1 aliphatic heterocycles. The SMILES string of the molecule is CC(C)(C)N1OC(c2cccc(C#Cc3cccc(/C=N/N=C(N)N)c3)c2)=C(C#N)C1c1c2cccccc-2c(/C=[N+](\[O-])C(C)(C)C)c1[Si](C)(C)C(C)(C)C. The monoisotopic (exact) mass is 751 g/mol. The van der Waals surface area contributed by atoms with Crippen molar-refractivity contribution in [2.45, 2.75) is 97.6 Å². The first-order valence-electron chi connectivity index (χ1n) is 18.5. The molecule has 0 aromatic heterocycles. The summed E-state index contributed by atoms with van der Waals surface area (Å²) in [5.74, 6) is 6.90. The van der Waals surface area contributed by atoms with Crippen molar-refractivity contribution in [2.75, 3.05) is 0 Å². The van der Waals surface area contributed by atoms with Crippen LogP contribution in [0.25, 0.3) is 16.9 Å². The van der Waals surface area contributed by atoms with Gasteiger partial charge in [0.15, 0.2) is 17.5 Å². The summed E-state index contributed by atoms with van der Waals surface area (Å²) in [6.45, 7) is 23.6. The van der Waals surface area contributed by atoms with Crippen LogP contribution in [0.3, 0.4) is 0 Å². The Bertz CT molecular complexity index is 2290. The summed E-state index contributed by atoms with van der Waals surface area (Å²) >= 11 is 0. The lowest BCUT2D eigenvalue weighted by molar-refractivity contribution is -0.530. The maximum absolute atomic E-state index is 13.8. The quantitative estimate of drug-likeness (QED) is 0.0387.